The van der Waals surface area contributed by atoms with Crippen LogP contribution < -0.4 is 28.3 Å². The van der Waals surface area contributed by atoms with Crippen LogP contribution in [0.2, 0.25) is 0 Å². The van der Waals surface area contributed by atoms with E-state index in [9.17, 15) is 9.59 Å². The van der Waals surface area contributed by atoms with Crippen LogP contribution in [0.5, 0.6) is 0 Å². The first kappa shape index (κ1) is 46.0. The Morgan fingerprint density at radius 1 is 0.881 bits per heavy atom. The van der Waals surface area contributed by atoms with E-state index in [2.05, 4.69) is 61.0 Å². The van der Waals surface area contributed by atoms with Gasteiger partial charge in [-0.2, -0.15) is 0 Å². The van der Waals surface area contributed by atoms with Gasteiger partial charge in [-0.05, 0) is 128 Å². The van der Waals surface area contributed by atoms with Crippen molar-refractivity contribution in [3.8, 4) is 0 Å². The summed E-state index contributed by atoms with van der Waals surface area (Å²) >= 11 is 0. The monoisotopic (exact) mass is 816 g/mol. The maximum absolute atomic E-state index is 13.4. The summed E-state index contributed by atoms with van der Waals surface area (Å²) in [6.45, 7) is 15.1. The van der Waals surface area contributed by atoms with Crippen LogP contribution in [0.15, 0.2) is 50.9 Å². The Kier molecular flexibility index (Phi) is 16.7. The smallest absolute Gasteiger partial charge is 0.338 e. The summed E-state index contributed by atoms with van der Waals surface area (Å²) in [5.41, 5.74) is 25.4. The number of allylic oxidation sites excluding steroid dienone is 1. The topological polar surface area (TPSA) is 200 Å². The van der Waals surface area contributed by atoms with Gasteiger partial charge in [0.25, 0.3) is 0 Å². The normalized spacial score (nSPS) is 28.0. The number of esters is 1. The van der Waals surface area contributed by atoms with Crippen molar-refractivity contribution in [2.45, 2.75) is 131 Å². The fourth-order valence-electron chi connectivity index (χ4n) is 11.7. The van der Waals surface area contributed by atoms with E-state index in [1.165, 1.54) is 57.8 Å². The van der Waals surface area contributed by atoms with Crippen molar-refractivity contribution in [2.75, 3.05) is 39.3 Å². The van der Waals surface area contributed by atoms with E-state index in [0.717, 1.165) is 60.3 Å². The van der Waals surface area contributed by atoms with Crippen molar-refractivity contribution in [1.82, 2.24) is 10.2 Å². The van der Waals surface area contributed by atoms with E-state index in [1.807, 2.05) is 24.3 Å². The molecule has 0 saturated heterocycles. The fourth-order valence-corrected chi connectivity index (χ4v) is 11.7. The number of urea groups is 1. The van der Waals surface area contributed by atoms with Crippen LogP contribution in [-0.2, 0) is 4.74 Å². The largest absolute Gasteiger partial charge is 0.458 e. The molecular weight excluding hydrogens is 739 g/mol. The lowest BCUT2D eigenvalue weighted by Crippen LogP contribution is -2.49. The van der Waals surface area contributed by atoms with Crippen molar-refractivity contribution in [3.63, 3.8) is 0 Å². The van der Waals surface area contributed by atoms with Gasteiger partial charge in [0.15, 0.2) is 11.9 Å². The van der Waals surface area contributed by atoms with Crippen molar-refractivity contribution in [2.24, 2.45) is 84.2 Å². The van der Waals surface area contributed by atoms with Crippen LogP contribution in [0.25, 0.3) is 0 Å². The predicted molar refractivity (Wildman–Crippen MR) is 241 cm³/mol. The first-order chi connectivity index (χ1) is 28.2. The average Bonchev–Trinajstić information content (AvgIpc) is 3.46. The molecule has 0 bridgehead atoms. The van der Waals surface area contributed by atoms with Crippen molar-refractivity contribution >= 4 is 30.1 Å². The second kappa shape index (κ2) is 21.4. The predicted octanol–water partition coefficient (Wildman–Crippen LogP) is 7.40. The third kappa shape index (κ3) is 12.2. The van der Waals surface area contributed by atoms with E-state index in [4.69, 9.17) is 27.7 Å². The Morgan fingerprint density at radius 2 is 1.58 bits per heavy atom. The minimum atomic E-state index is -0.256. The minimum Gasteiger partial charge on any atom is -0.458 e. The van der Waals surface area contributed by atoms with Gasteiger partial charge in [-0.3, -0.25) is 15.0 Å². The third-order valence-electron chi connectivity index (χ3n) is 14.7. The molecule has 2 amide bonds. The van der Waals surface area contributed by atoms with Gasteiger partial charge in [-0.15, -0.1) is 0 Å². The number of hydrogen-bond acceptors (Lipinski definition) is 6. The van der Waals surface area contributed by atoms with E-state index >= 15 is 0 Å². The zero-order valence-electron chi connectivity index (χ0n) is 37.0. The Labute approximate surface area is 354 Å². The zero-order valence-corrected chi connectivity index (χ0v) is 37.0. The van der Waals surface area contributed by atoms with Gasteiger partial charge in [0, 0.05) is 45.4 Å². The summed E-state index contributed by atoms with van der Waals surface area (Å²) < 4.78 is 6.24. The number of ether oxygens (including phenoxy) is 1. The van der Waals surface area contributed by atoms with Gasteiger partial charge in [-0.1, -0.05) is 77.7 Å². The van der Waals surface area contributed by atoms with Gasteiger partial charge < -0.3 is 37.9 Å². The molecule has 0 radical (unpaired) electrons. The summed E-state index contributed by atoms with van der Waals surface area (Å²) in [6.07, 6.45) is 20.4. The second-order valence-corrected chi connectivity index (χ2v) is 19.1. The lowest BCUT2D eigenvalue weighted by molar-refractivity contribution is -0.0463. The maximum Gasteiger partial charge on any atom is 0.338 e. The van der Waals surface area contributed by atoms with Crippen LogP contribution in [0.4, 0.5) is 4.79 Å². The Balaban J connectivity index is 1.09. The quantitative estimate of drug-likeness (QED) is 0.0315. The number of guanidine groups is 2. The van der Waals surface area contributed by atoms with Gasteiger partial charge in [0.1, 0.15) is 6.10 Å². The number of nitrogens with two attached hydrogens (primary N) is 4. The van der Waals surface area contributed by atoms with Crippen molar-refractivity contribution in [1.29, 1.82) is 0 Å². The van der Waals surface area contributed by atoms with Gasteiger partial charge in [-0.25, -0.2) is 9.59 Å². The molecule has 328 valence electrons. The highest BCUT2D eigenvalue weighted by molar-refractivity contribution is 5.91. The number of hydrogen-bond donors (Lipinski definition) is 5. The zero-order chi connectivity index (χ0) is 42.6. The molecule has 59 heavy (non-hydrogen) atoms. The van der Waals surface area contributed by atoms with Crippen molar-refractivity contribution in [3.05, 3.63) is 47.0 Å². The highest BCUT2D eigenvalue weighted by Gasteiger charge is 2.58. The molecule has 3 saturated carbocycles. The summed E-state index contributed by atoms with van der Waals surface area (Å²) in [7, 11) is 0. The number of amides is 2. The first-order valence-electron chi connectivity index (χ1n) is 22.8. The Hall–Kier alpha value is -4.09. The highest BCUT2D eigenvalue weighted by atomic mass is 16.5. The van der Waals surface area contributed by atoms with E-state index in [0.29, 0.717) is 63.1 Å². The molecule has 0 spiro atoms. The number of nitrogens with one attached hydrogen (secondary N) is 1. The first-order valence-corrected chi connectivity index (χ1v) is 22.8. The van der Waals surface area contributed by atoms with Crippen LogP contribution >= 0.6 is 0 Å². The van der Waals surface area contributed by atoms with Gasteiger partial charge in [0.2, 0.25) is 0 Å². The second-order valence-electron chi connectivity index (χ2n) is 19.1. The van der Waals surface area contributed by atoms with E-state index in [1.54, 1.807) is 16.7 Å². The lowest BCUT2D eigenvalue weighted by atomic mass is 9.48. The Bertz CT molecular complexity index is 1630. The molecule has 12 nitrogen and oxygen atoms in total. The van der Waals surface area contributed by atoms with Crippen molar-refractivity contribution < 1.29 is 14.3 Å². The number of carbonyl (C=O) groups is 2. The minimum absolute atomic E-state index is 0.0269. The SMILES string of the molecule is CC(C)CCCC(C)C1CCC2C3CC=C4CC(OC(=O)c5ccc(C=NCCNC(=O)N(CCCN=C(N)N)CCCN=C(N)N)cc5)CCCC4(C)C3CCC12C. The molecule has 0 heterocycles. The molecule has 12 heteroatoms. The third-order valence-corrected chi connectivity index (χ3v) is 14.7. The molecule has 0 aliphatic heterocycles. The molecular formula is C47H77N9O3. The Morgan fingerprint density at radius 3 is 2.24 bits per heavy atom. The summed E-state index contributed by atoms with van der Waals surface area (Å²) in [4.78, 5) is 40.5. The molecule has 4 aliphatic carbocycles. The molecule has 4 aliphatic rings. The molecule has 8 unspecified atom stereocenters. The number of nitrogens with zero attached hydrogens (tertiary/aromatic N) is 4. The number of rotatable bonds is 19. The molecule has 1 aromatic carbocycles. The summed E-state index contributed by atoms with van der Waals surface area (Å²) in [5.74, 6) is 4.67. The van der Waals surface area contributed by atoms with Crippen LogP contribution in [-0.4, -0.2) is 80.4 Å². The maximum atomic E-state index is 13.4. The lowest BCUT2D eigenvalue weighted by Gasteiger charge is -2.57. The molecule has 3 fully saturated rings. The number of carbonyl (C=O) groups excluding carboxylic acids is 2. The summed E-state index contributed by atoms with van der Waals surface area (Å²) in [5, 5.41) is 2.93. The number of benzene rings is 1. The molecule has 5 rings (SSSR count). The number of fused-ring (bicyclic) bond motifs is 5. The molecule has 9 N–H and O–H groups in total. The standard InChI is InChI=1S/C47H77N9O3/c1-32(2)10-6-11-33(3)39-19-20-40-38-18-17-36-30-37(12-7-22-46(36,4)41(38)21-23-47(39,40)5)59-42(57)35-15-13-34(14-16-35)31-52-26-27-55-45(58)56(28-8-24-53-43(48)49)29-9-25-54-44(50)51/h13-17,31-33,37-41H,6-12,18-30H2,1-5H3,(H,55,58)(H4,48,49,53)(H4,50,51,54). The number of aliphatic imine (C=N–C) groups is 3. The fraction of sp³-hybridized carbons (Fsp3) is 0.723. The summed E-state index contributed by atoms with van der Waals surface area (Å²) in [6, 6.07) is 7.21. The van der Waals surface area contributed by atoms with Gasteiger partial charge in [0.05, 0.1) is 12.1 Å². The average molecular weight is 816 g/mol. The van der Waals surface area contributed by atoms with E-state index in [-0.39, 0.29) is 35.4 Å². The molecule has 8 atom stereocenters. The van der Waals surface area contributed by atoms with Crippen LogP contribution in [0.1, 0.15) is 140 Å². The van der Waals surface area contributed by atoms with Crippen LogP contribution in [0.3, 0.4) is 0 Å². The highest BCUT2D eigenvalue weighted by Crippen LogP contribution is 2.67. The molecule has 0 aromatic heterocycles. The van der Waals surface area contributed by atoms with Gasteiger partial charge >= 0.3 is 12.0 Å². The van der Waals surface area contributed by atoms with E-state index < -0.39 is 0 Å². The van der Waals surface area contributed by atoms with Crippen LogP contribution in [0, 0.1) is 46.3 Å². The molecule has 1 aromatic rings.